The van der Waals surface area contributed by atoms with Gasteiger partial charge in [0.15, 0.2) is 0 Å². The lowest BCUT2D eigenvalue weighted by molar-refractivity contribution is -0.158. The van der Waals surface area contributed by atoms with Crippen LogP contribution in [0.3, 0.4) is 0 Å². The van der Waals surface area contributed by atoms with E-state index in [0.717, 1.165) is 38.5 Å². The molecule has 3 amide bonds. The fourth-order valence-electron chi connectivity index (χ4n) is 6.32. The molecule has 1 aromatic rings. The van der Waals surface area contributed by atoms with Crippen molar-refractivity contribution in [2.24, 2.45) is 5.41 Å². The highest BCUT2D eigenvalue weighted by Gasteiger charge is 2.52. The van der Waals surface area contributed by atoms with E-state index in [-0.39, 0.29) is 40.2 Å². The van der Waals surface area contributed by atoms with Crippen molar-refractivity contribution < 1.29 is 23.9 Å². The molecule has 7 nitrogen and oxygen atoms in total. The number of piperazine rings is 1. The monoisotopic (exact) mass is 531 g/mol. The second kappa shape index (κ2) is 10.4. The molecule has 1 aromatic carbocycles. The molecule has 0 bridgehead atoms. The summed E-state index contributed by atoms with van der Waals surface area (Å²) in [4.78, 5) is 44.7. The molecule has 5 rings (SSSR count). The number of halogens is 2. The van der Waals surface area contributed by atoms with Gasteiger partial charge < -0.3 is 19.8 Å². The Labute approximate surface area is 222 Å². The lowest BCUT2D eigenvalue weighted by atomic mass is 9.88. The summed E-state index contributed by atoms with van der Waals surface area (Å²) in [6.07, 6.45) is 9.14. The third-order valence-electron chi connectivity index (χ3n) is 8.91. The highest BCUT2D eigenvalue weighted by molar-refractivity contribution is 6.30. The van der Waals surface area contributed by atoms with Crippen LogP contribution in [0.5, 0.6) is 0 Å². The third kappa shape index (κ3) is 5.28. The van der Waals surface area contributed by atoms with E-state index < -0.39 is 18.0 Å². The number of fused-ring (bicyclic) bond motifs is 1. The molecule has 0 aromatic heterocycles. The first kappa shape index (κ1) is 26.2. The second-order valence-corrected chi connectivity index (χ2v) is 11.6. The van der Waals surface area contributed by atoms with Crippen LogP contribution in [-0.2, 0) is 14.4 Å². The topological polar surface area (TPSA) is 81.2 Å². The molecule has 4 aliphatic rings. The van der Waals surface area contributed by atoms with Crippen LogP contribution < -0.4 is 0 Å². The maximum atomic E-state index is 13.4. The number of carbonyl (C=O) groups is 3. The number of piperidine rings is 2. The van der Waals surface area contributed by atoms with Crippen molar-refractivity contribution in [1.29, 1.82) is 0 Å². The molecule has 9 heteroatoms. The normalized spacial score (nSPS) is 29.1. The summed E-state index contributed by atoms with van der Waals surface area (Å²) in [5.74, 6) is -0.814. The van der Waals surface area contributed by atoms with Crippen LogP contribution in [0, 0.1) is 11.2 Å². The van der Waals surface area contributed by atoms with Gasteiger partial charge in [0.1, 0.15) is 11.9 Å². The number of likely N-dealkylation sites (tertiary alicyclic amines) is 1. The molecule has 1 saturated carbocycles. The fraction of sp³-hybridized carbons (Fsp3) is 0.607. The van der Waals surface area contributed by atoms with Crippen molar-refractivity contribution in [1.82, 2.24) is 14.7 Å². The van der Waals surface area contributed by atoms with E-state index in [2.05, 4.69) is 0 Å². The SMILES string of the molecule is C[C@H]1C(=O)N2[C@@H](CCC(=O)N3CCC4(CC4)[C@H](O)C3)CCC[C@H]2CN1C(=O)/C=C/c1ccc(F)c(Cl)c1. The maximum Gasteiger partial charge on any atom is 0.247 e. The predicted molar refractivity (Wildman–Crippen MR) is 138 cm³/mol. The van der Waals surface area contributed by atoms with Gasteiger partial charge in [-0.3, -0.25) is 14.4 Å². The van der Waals surface area contributed by atoms with Crippen LogP contribution in [0.1, 0.15) is 63.9 Å². The fourth-order valence-corrected chi connectivity index (χ4v) is 6.51. The lowest BCUT2D eigenvalue weighted by Gasteiger charge is -2.50. The summed E-state index contributed by atoms with van der Waals surface area (Å²) in [6.45, 7) is 3.32. The van der Waals surface area contributed by atoms with Gasteiger partial charge in [-0.25, -0.2) is 4.39 Å². The van der Waals surface area contributed by atoms with Gasteiger partial charge >= 0.3 is 0 Å². The van der Waals surface area contributed by atoms with Crippen LogP contribution in [0.4, 0.5) is 4.39 Å². The molecule has 3 heterocycles. The molecule has 0 radical (unpaired) electrons. The number of rotatable bonds is 5. The Morgan fingerprint density at radius 1 is 1.22 bits per heavy atom. The zero-order valence-corrected chi connectivity index (χ0v) is 22.0. The molecule has 3 saturated heterocycles. The number of hydrogen-bond acceptors (Lipinski definition) is 4. The van der Waals surface area contributed by atoms with Crippen molar-refractivity contribution in [3.63, 3.8) is 0 Å². The number of carbonyl (C=O) groups excluding carboxylic acids is 3. The summed E-state index contributed by atoms with van der Waals surface area (Å²) >= 11 is 5.83. The van der Waals surface area contributed by atoms with E-state index in [1.807, 2.05) is 4.90 Å². The average Bonchev–Trinajstić information content (AvgIpc) is 3.67. The van der Waals surface area contributed by atoms with Crippen LogP contribution in [0.25, 0.3) is 6.08 Å². The Balaban J connectivity index is 1.18. The van der Waals surface area contributed by atoms with Gasteiger partial charge in [-0.05, 0) is 81.1 Å². The summed E-state index contributed by atoms with van der Waals surface area (Å²) in [5, 5.41) is 10.4. The first-order valence-corrected chi connectivity index (χ1v) is 13.8. The van der Waals surface area contributed by atoms with Crippen molar-refractivity contribution >= 4 is 35.4 Å². The van der Waals surface area contributed by atoms with E-state index in [9.17, 15) is 23.9 Å². The Kier molecular flexibility index (Phi) is 7.33. The number of β-amino-alcohol motifs (C(OH)–C–C–N with tert-alkyl or cyclic N) is 1. The highest BCUT2D eigenvalue weighted by Crippen LogP contribution is 2.53. The molecule has 3 aliphatic heterocycles. The zero-order valence-electron chi connectivity index (χ0n) is 21.2. The largest absolute Gasteiger partial charge is 0.391 e. The molecule has 1 N–H and O–H groups in total. The van der Waals surface area contributed by atoms with Crippen molar-refractivity contribution in [2.75, 3.05) is 19.6 Å². The highest BCUT2D eigenvalue weighted by atomic mass is 35.5. The Morgan fingerprint density at radius 2 is 2.00 bits per heavy atom. The van der Waals surface area contributed by atoms with E-state index in [1.165, 1.54) is 18.2 Å². The summed E-state index contributed by atoms with van der Waals surface area (Å²) in [6, 6.07) is 3.56. The third-order valence-corrected chi connectivity index (χ3v) is 9.20. The van der Waals surface area contributed by atoms with E-state index >= 15 is 0 Å². The van der Waals surface area contributed by atoms with Gasteiger partial charge in [0.2, 0.25) is 17.7 Å². The minimum absolute atomic E-state index is 0.0122. The van der Waals surface area contributed by atoms with Gasteiger partial charge in [0.25, 0.3) is 0 Å². The minimum atomic E-state index is -0.603. The lowest BCUT2D eigenvalue weighted by Crippen LogP contribution is -2.65. The Hall–Kier alpha value is -2.45. The molecule has 4 fully saturated rings. The second-order valence-electron chi connectivity index (χ2n) is 11.2. The molecule has 0 unspecified atom stereocenters. The molecule has 200 valence electrons. The van der Waals surface area contributed by atoms with Gasteiger partial charge in [-0.15, -0.1) is 0 Å². The summed E-state index contributed by atoms with van der Waals surface area (Å²) in [5.41, 5.74) is 0.669. The van der Waals surface area contributed by atoms with Gasteiger partial charge in [-0.2, -0.15) is 0 Å². The number of amides is 3. The molecule has 1 spiro atoms. The number of nitrogens with zero attached hydrogens (tertiary/aromatic N) is 3. The molecule has 37 heavy (non-hydrogen) atoms. The summed E-state index contributed by atoms with van der Waals surface area (Å²) < 4.78 is 13.4. The number of aliphatic hydroxyl groups excluding tert-OH is 1. The van der Waals surface area contributed by atoms with E-state index in [0.29, 0.717) is 38.0 Å². The van der Waals surface area contributed by atoms with Crippen molar-refractivity contribution in [2.45, 2.75) is 82.5 Å². The number of aliphatic hydroxyl groups is 1. The van der Waals surface area contributed by atoms with Crippen molar-refractivity contribution in [3.05, 3.63) is 40.7 Å². The van der Waals surface area contributed by atoms with Crippen LogP contribution in [0.15, 0.2) is 24.3 Å². The Bertz CT molecular complexity index is 1110. The molecule has 1 aliphatic carbocycles. The van der Waals surface area contributed by atoms with Crippen LogP contribution >= 0.6 is 11.6 Å². The molecular weight excluding hydrogens is 497 g/mol. The quantitative estimate of drug-likeness (QED) is 0.588. The van der Waals surface area contributed by atoms with Gasteiger partial charge in [-0.1, -0.05) is 17.7 Å². The van der Waals surface area contributed by atoms with E-state index in [4.69, 9.17) is 11.6 Å². The minimum Gasteiger partial charge on any atom is -0.391 e. The van der Waals surface area contributed by atoms with Crippen molar-refractivity contribution in [3.8, 4) is 0 Å². The Morgan fingerprint density at radius 3 is 2.70 bits per heavy atom. The van der Waals surface area contributed by atoms with E-state index in [1.54, 1.807) is 28.9 Å². The average molecular weight is 532 g/mol. The molecular formula is C28H35ClFN3O4. The number of benzene rings is 1. The maximum absolute atomic E-state index is 13.4. The smallest absolute Gasteiger partial charge is 0.247 e. The first-order chi connectivity index (χ1) is 17.7. The predicted octanol–water partition coefficient (Wildman–Crippen LogP) is 3.63. The van der Waals surface area contributed by atoms with Crippen LogP contribution in [-0.4, -0.2) is 81.4 Å². The molecule has 4 atom stereocenters. The van der Waals surface area contributed by atoms with Crippen LogP contribution in [0.2, 0.25) is 5.02 Å². The van der Waals surface area contributed by atoms with Gasteiger partial charge in [0, 0.05) is 44.2 Å². The summed E-state index contributed by atoms with van der Waals surface area (Å²) in [7, 11) is 0. The van der Waals surface area contributed by atoms with Gasteiger partial charge in [0.05, 0.1) is 11.1 Å². The zero-order chi connectivity index (χ0) is 26.3. The first-order valence-electron chi connectivity index (χ1n) is 13.4. The standard InChI is InChI=1S/C28H35ClFN3O4/c1-18-27(37)33-20(7-10-25(35)31-14-13-28(11-12-28)24(34)17-31)3-2-4-21(33)16-32(18)26(36)9-6-19-5-8-23(30)22(29)15-19/h5-6,8-9,15,18,20-21,24,34H,2-4,7,10-14,16-17H2,1H3/b9-6+/t18-,20+,21-,24+/m0/s1. The number of hydrogen-bond donors (Lipinski definition) is 1.